The Kier molecular flexibility index (Phi) is 5.74. The van der Waals surface area contributed by atoms with Crippen LogP contribution >= 0.6 is 0 Å². The molecule has 3 rings (SSSR count). The number of aromatic nitrogens is 2. The summed E-state index contributed by atoms with van der Waals surface area (Å²) in [6.07, 6.45) is -1.70. The Morgan fingerprint density at radius 1 is 1.23 bits per heavy atom. The fourth-order valence-corrected chi connectivity index (χ4v) is 3.83. The van der Waals surface area contributed by atoms with Gasteiger partial charge in [-0.25, -0.2) is 0 Å². The fraction of sp³-hybridized carbons (Fsp3) is 0.381. The lowest BCUT2D eigenvalue weighted by Crippen LogP contribution is -2.41. The van der Waals surface area contributed by atoms with Crippen molar-refractivity contribution in [2.24, 2.45) is 7.05 Å². The summed E-state index contributed by atoms with van der Waals surface area (Å²) in [4.78, 5) is 26.2. The highest BCUT2D eigenvalue weighted by Gasteiger charge is 2.45. The van der Waals surface area contributed by atoms with Crippen molar-refractivity contribution in [2.45, 2.75) is 45.5 Å². The van der Waals surface area contributed by atoms with Gasteiger partial charge in [-0.2, -0.15) is 18.3 Å². The number of carbonyl (C=O) groups is 2. The quantitative estimate of drug-likeness (QED) is 0.820. The first-order valence-electron chi connectivity index (χ1n) is 9.43. The molecule has 0 fully saturated rings. The molecule has 0 spiro atoms. The molecule has 0 saturated carbocycles. The highest BCUT2D eigenvalue weighted by molar-refractivity contribution is 5.82. The van der Waals surface area contributed by atoms with Crippen LogP contribution in [0.25, 0.3) is 6.08 Å². The van der Waals surface area contributed by atoms with Gasteiger partial charge in [-0.15, -0.1) is 0 Å². The number of halogens is 3. The van der Waals surface area contributed by atoms with Crippen molar-refractivity contribution in [1.82, 2.24) is 20.0 Å². The number of hydrogen-bond donors (Lipinski definition) is 1. The topological polar surface area (TPSA) is 67.2 Å². The van der Waals surface area contributed by atoms with Gasteiger partial charge in [-0.05, 0) is 31.1 Å². The molecule has 1 aromatic heterocycles. The molecule has 0 radical (unpaired) electrons. The Bertz CT molecular complexity index is 1010. The molecule has 30 heavy (non-hydrogen) atoms. The third-order valence-electron chi connectivity index (χ3n) is 5.33. The van der Waals surface area contributed by atoms with E-state index < -0.39 is 24.2 Å². The van der Waals surface area contributed by atoms with Crippen molar-refractivity contribution in [2.75, 3.05) is 0 Å². The summed E-state index contributed by atoms with van der Waals surface area (Å²) in [7, 11) is 1.55. The van der Waals surface area contributed by atoms with Gasteiger partial charge in [0, 0.05) is 31.4 Å². The van der Waals surface area contributed by atoms with E-state index in [-0.39, 0.29) is 23.6 Å². The maximum Gasteiger partial charge on any atom is 0.413 e. The number of hydrogen-bond acceptors (Lipinski definition) is 3. The molecular formula is C21H23F3N4O2. The van der Waals surface area contributed by atoms with E-state index in [0.717, 1.165) is 5.56 Å². The molecule has 160 valence electrons. The van der Waals surface area contributed by atoms with Crippen LogP contribution in [0.4, 0.5) is 13.2 Å². The molecule has 2 heterocycles. The van der Waals surface area contributed by atoms with E-state index in [1.807, 2.05) is 12.1 Å². The van der Waals surface area contributed by atoms with Crippen molar-refractivity contribution in [3.8, 4) is 0 Å². The minimum atomic E-state index is -4.70. The molecule has 1 aliphatic rings. The van der Waals surface area contributed by atoms with Crippen LogP contribution in [0, 0.1) is 13.8 Å². The molecule has 1 aliphatic heterocycles. The number of alkyl halides is 3. The van der Waals surface area contributed by atoms with E-state index in [9.17, 15) is 22.8 Å². The minimum Gasteiger partial charge on any atom is -0.341 e. The minimum absolute atomic E-state index is 0.0642. The number of fused-ring (bicyclic) bond motifs is 1. The Balaban J connectivity index is 1.90. The van der Waals surface area contributed by atoms with E-state index in [2.05, 4.69) is 10.4 Å². The van der Waals surface area contributed by atoms with Gasteiger partial charge in [-0.1, -0.05) is 24.3 Å². The van der Waals surface area contributed by atoms with Crippen LogP contribution in [0.15, 0.2) is 30.5 Å². The standard InChI is InChI=1S/C21H23F3N4O2/c1-12-19(13(2)27(4)26-12)20(21(22,23)24)25-18(30)11-17-16-8-6-5-7-15(16)9-10-28(17)14(3)29/h5-10,17,20H,11H2,1-4H3,(H,25,30)/t17-,20+/m0/s1. The fourth-order valence-electron chi connectivity index (χ4n) is 3.83. The van der Waals surface area contributed by atoms with Crippen LogP contribution in [0.2, 0.25) is 0 Å². The maximum absolute atomic E-state index is 13.8. The van der Waals surface area contributed by atoms with E-state index in [1.54, 1.807) is 31.5 Å². The highest BCUT2D eigenvalue weighted by atomic mass is 19.4. The maximum atomic E-state index is 13.8. The summed E-state index contributed by atoms with van der Waals surface area (Å²) >= 11 is 0. The second-order valence-electron chi connectivity index (χ2n) is 7.34. The van der Waals surface area contributed by atoms with Gasteiger partial charge in [0.05, 0.1) is 18.2 Å². The lowest BCUT2D eigenvalue weighted by molar-refractivity contribution is -0.164. The molecule has 2 amide bonds. The number of nitrogens with zero attached hydrogens (tertiary/aromatic N) is 3. The smallest absolute Gasteiger partial charge is 0.341 e. The van der Waals surface area contributed by atoms with Gasteiger partial charge >= 0.3 is 6.18 Å². The molecule has 2 atom stereocenters. The summed E-state index contributed by atoms with van der Waals surface area (Å²) in [6.45, 7) is 4.36. The summed E-state index contributed by atoms with van der Waals surface area (Å²) in [5.41, 5.74) is 1.99. The summed E-state index contributed by atoms with van der Waals surface area (Å²) in [6, 6.07) is 4.31. The van der Waals surface area contributed by atoms with Crippen molar-refractivity contribution >= 4 is 17.9 Å². The monoisotopic (exact) mass is 420 g/mol. The Morgan fingerprint density at radius 3 is 2.47 bits per heavy atom. The van der Waals surface area contributed by atoms with Crippen molar-refractivity contribution in [3.05, 3.63) is 58.5 Å². The molecule has 1 aromatic carbocycles. The van der Waals surface area contributed by atoms with Gasteiger partial charge in [0.25, 0.3) is 0 Å². The van der Waals surface area contributed by atoms with E-state index in [0.29, 0.717) is 11.3 Å². The van der Waals surface area contributed by atoms with Crippen LogP contribution in [0.1, 0.15) is 53.5 Å². The summed E-state index contributed by atoms with van der Waals surface area (Å²) in [5, 5.41) is 6.16. The number of aryl methyl sites for hydroxylation is 2. The number of carbonyl (C=O) groups excluding carboxylic acids is 2. The first-order valence-corrected chi connectivity index (χ1v) is 9.43. The van der Waals surface area contributed by atoms with Crippen molar-refractivity contribution < 1.29 is 22.8 Å². The van der Waals surface area contributed by atoms with Crippen LogP contribution in [-0.4, -0.2) is 32.7 Å². The first kappa shape index (κ1) is 21.6. The molecule has 0 unspecified atom stereocenters. The third kappa shape index (κ3) is 4.10. The van der Waals surface area contributed by atoms with Gasteiger partial charge < -0.3 is 10.2 Å². The lowest BCUT2D eigenvalue weighted by atomic mass is 9.93. The lowest BCUT2D eigenvalue weighted by Gasteiger charge is -2.33. The molecule has 0 saturated heterocycles. The highest BCUT2D eigenvalue weighted by Crippen LogP contribution is 2.37. The Morgan fingerprint density at radius 2 is 1.90 bits per heavy atom. The summed E-state index contributed by atoms with van der Waals surface area (Å²) in [5.74, 6) is -1.11. The Hall–Kier alpha value is -3.10. The normalized spacial score (nSPS) is 16.9. The largest absolute Gasteiger partial charge is 0.413 e. The van der Waals surface area contributed by atoms with E-state index in [4.69, 9.17) is 0 Å². The molecule has 0 bridgehead atoms. The molecule has 0 aliphatic carbocycles. The van der Waals surface area contributed by atoms with Gasteiger partial charge in [-0.3, -0.25) is 14.3 Å². The second kappa shape index (κ2) is 7.97. The summed E-state index contributed by atoms with van der Waals surface area (Å²) < 4.78 is 42.8. The number of rotatable bonds is 4. The second-order valence-corrected chi connectivity index (χ2v) is 7.34. The number of nitrogens with one attached hydrogen (secondary N) is 1. The SMILES string of the molecule is CC(=O)N1C=Cc2ccccc2[C@@H]1CC(=O)N[C@H](c1c(C)nn(C)c1C)C(F)(F)F. The zero-order valence-electron chi connectivity index (χ0n) is 17.1. The molecule has 1 N–H and O–H groups in total. The zero-order chi connectivity index (χ0) is 22.2. The van der Waals surface area contributed by atoms with Crippen molar-refractivity contribution in [1.29, 1.82) is 0 Å². The number of benzene rings is 1. The zero-order valence-corrected chi connectivity index (χ0v) is 17.1. The molecule has 9 heteroatoms. The predicted molar refractivity (Wildman–Crippen MR) is 105 cm³/mol. The molecule has 6 nitrogen and oxygen atoms in total. The van der Waals surface area contributed by atoms with Crippen LogP contribution in [0.3, 0.4) is 0 Å². The van der Waals surface area contributed by atoms with Crippen LogP contribution in [-0.2, 0) is 16.6 Å². The predicted octanol–water partition coefficient (Wildman–Crippen LogP) is 3.72. The first-order chi connectivity index (χ1) is 14.0. The van der Waals surface area contributed by atoms with Gasteiger partial charge in [0.1, 0.15) is 0 Å². The van der Waals surface area contributed by atoms with Gasteiger partial charge in [0.15, 0.2) is 6.04 Å². The number of amides is 2. The average Bonchev–Trinajstić information content (AvgIpc) is 2.90. The molecular weight excluding hydrogens is 397 g/mol. The van der Waals surface area contributed by atoms with Crippen molar-refractivity contribution in [3.63, 3.8) is 0 Å². The molecule has 2 aromatic rings. The third-order valence-corrected chi connectivity index (χ3v) is 5.33. The van der Waals surface area contributed by atoms with E-state index in [1.165, 1.54) is 30.4 Å². The average molecular weight is 420 g/mol. The van der Waals surface area contributed by atoms with Crippen LogP contribution < -0.4 is 5.32 Å². The van der Waals surface area contributed by atoms with Crippen LogP contribution in [0.5, 0.6) is 0 Å². The van der Waals surface area contributed by atoms with Gasteiger partial charge in [0.2, 0.25) is 11.8 Å². The van der Waals surface area contributed by atoms with E-state index >= 15 is 0 Å². The Labute approximate surface area is 172 Å².